The van der Waals surface area contributed by atoms with Gasteiger partial charge in [0.2, 0.25) is 5.95 Å². The largest absolute Gasteiger partial charge is 0.591 e. The fourth-order valence-electron chi connectivity index (χ4n) is 0.794. The molecule has 0 aliphatic rings. The van der Waals surface area contributed by atoms with Crippen molar-refractivity contribution in [2.75, 3.05) is 0 Å². The fraction of sp³-hybridized carbons (Fsp3) is 0.400. The Morgan fingerprint density at radius 1 is 1.56 bits per heavy atom. The third-order valence-corrected chi connectivity index (χ3v) is 3.41. The van der Waals surface area contributed by atoms with E-state index in [1.165, 1.54) is 18.5 Å². The topological polar surface area (TPSA) is 48.3 Å². The van der Waals surface area contributed by atoms with E-state index in [1.54, 1.807) is 20.8 Å². The minimum atomic E-state index is -1.38. The smallest absolute Gasteiger partial charge is 0.232 e. The molecule has 1 aromatic heterocycles. The normalized spacial score (nSPS) is 14.4. The summed E-state index contributed by atoms with van der Waals surface area (Å²) in [5.41, 5.74) is 0.367. The number of pyridine rings is 1. The maximum Gasteiger partial charge on any atom is 0.232 e. The summed E-state index contributed by atoms with van der Waals surface area (Å²) in [6.45, 7) is 5.40. The Morgan fingerprint density at radius 2 is 2.19 bits per heavy atom. The van der Waals surface area contributed by atoms with Gasteiger partial charge < -0.3 is 4.55 Å². The lowest BCUT2D eigenvalue weighted by Crippen LogP contribution is -2.25. The van der Waals surface area contributed by atoms with Gasteiger partial charge in [0.25, 0.3) is 0 Å². The SMILES string of the molecule is CC(C)(C)[S@+]([O-])/N=C/c1ccnc(F)c1Cl. The molecule has 16 heavy (non-hydrogen) atoms. The molecule has 3 nitrogen and oxygen atoms in total. The van der Waals surface area contributed by atoms with Crippen molar-refractivity contribution >= 4 is 29.2 Å². The Labute approximate surface area is 102 Å². The number of hydrogen-bond donors (Lipinski definition) is 0. The van der Waals surface area contributed by atoms with E-state index >= 15 is 0 Å². The van der Waals surface area contributed by atoms with Crippen LogP contribution in [-0.2, 0) is 11.4 Å². The van der Waals surface area contributed by atoms with E-state index in [-0.39, 0.29) is 5.02 Å². The van der Waals surface area contributed by atoms with Crippen LogP contribution in [0.15, 0.2) is 16.7 Å². The van der Waals surface area contributed by atoms with E-state index in [0.29, 0.717) is 5.56 Å². The molecule has 0 saturated heterocycles. The summed E-state index contributed by atoms with van der Waals surface area (Å²) in [6, 6.07) is 1.51. The summed E-state index contributed by atoms with van der Waals surface area (Å²) < 4.78 is 27.9. The van der Waals surface area contributed by atoms with Crippen LogP contribution in [0.1, 0.15) is 26.3 Å². The summed E-state index contributed by atoms with van der Waals surface area (Å²) in [5.74, 6) is -0.757. The van der Waals surface area contributed by atoms with Crippen molar-refractivity contribution in [3.8, 4) is 0 Å². The Hall–Kier alpha value is -0.650. The first kappa shape index (κ1) is 13.4. The minimum absolute atomic E-state index is 0.114. The van der Waals surface area contributed by atoms with Crippen molar-refractivity contribution in [2.45, 2.75) is 25.5 Å². The molecule has 1 rings (SSSR count). The molecule has 88 valence electrons. The van der Waals surface area contributed by atoms with Crippen LogP contribution in [0.5, 0.6) is 0 Å². The third kappa shape index (κ3) is 3.43. The first-order chi connectivity index (χ1) is 7.32. The minimum Gasteiger partial charge on any atom is -0.591 e. The summed E-state index contributed by atoms with van der Waals surface area (Å²) >= 11 is 4.28. The lowest BCUT2D eigenvalue weighted by Gasteiger charge is -2.17. The van der Waals surface area contributed by atoms with E-state index in [1.807, 2.05) is 0 Å². The Bertz CT molecular complexity index is 406. The second-order valence-corrected chi connectivity index (χ2v) is 6.41. The van der Waals surface area contributed by atoms with Gasteiger partial charge in [0, 0.05) is 11.8 Å². The van der Waals surface area contributed by atoms with Crippen molar-refractivity contribution in [3.05, 3.63) is 28.8 Å². The molecule has 0 N–H and O–H groups in total. The van der Waals surface area contributed by atoms with E-state index in [9.17, 15) is 8.94 Å². The summed E-state index contributed by atoms with van der Waals surface area (Å²) in [4.78, 5) is 3.38. The molecule has 0 unspecified atom stereocenters. The Kier molecular flexibility index (Phi) is 4.29. The molecule has 0 saturated carbocycles. The van der Waals surface area contributed by atoms with Gasteiger partial charge in [0.15, 0.2) is 0 Å². The molecular weight excluding hydrogens is 251 g/mol. The van der Waals surface area contributed by atoms with Gasteiger partial charge in [-0.2, -0.15) is 4.39 Å². The van der Waals surface area contributed by atoms with Gasteiger partial charge in [-0.15, -0.1) is 0 Å². The zero-order chi connectivity index (χ0) is 12.3. The van der Waals surface area contributed by atoms with Gasteiger partial charge in [-0.05, 0) is 26.8 Å². The van der Waals surface area contributed by atoms with Crippen LogP contribution in [0, 0.1) is 5.95 Å². The molecule has 0 aliphatic heterocycles. The average Bonchev–Trinajstić information content (AvgIpc) is 2.18. The van der Waals surface area contributed by atoms with Crippen molar-refractivity contribution in [2.24, 2.45) is 4.40 Å². The molecule has 1 atom stereocenters. The Balaban J connectivity index is 2.89. The Morgan fingerprint density at radius 3 is 2.75 bits per heavy atom. The van der Waals surface area contributed by atoms with Crippen LogP contribution >= 0.6 is 11.6 Å². The van der Waals surface area contributed by atoms with Gasteiger partial charge >= 0.3 is 0 Å². The predicted molar refractivity (Wildman–Crippen MR) is 64.7 cm³/mol. The summed E-state index contributed by atoms with van der Waals surface area (Å²) in [7, 11) is 0. The highest BCUT2D eigenvalue weighted by Crippen LogP contribution is 2.19. The number of nitrogens with zero attached hydrogens (tertiary/aromatic N) is 2. The molecule has 1 aromatic rings. The van der Waals surface area contributed by atoms with Gasteiger partial charge in [-0.25, -0.2) is 4.98 Å². The van der Waals surface area contributed by atoms with Gasteiger partial charge in [-0.3, -0.25) is 0 Å². The molecule has 0 fully saturated rings. The highest BCUT2D eigenvalue weighted by atomic mass is 35.5. The zero-order valence-electron chi connectivity index (χ0n) is 9.20. The van der Waals surface area contributed by atoms with Crippen LogP contribution in [0.25, 0.3) is 0 Å². The first-order valence-electron chi connectivity index (χ1n) is 4.58. The lowest BCUT2D eigenvalue weighted by atomic mass is 10.3. The van der Waals surface area contributed by atoms with Crippen molar-refractivity contribution < 1.29 is 8.94 Å². The van der Waals surface area contributed by atoms with E-state index in [4.69, 9.17) is 11.6 Å². The fourth-order valence-corrected chi connectivity index (χ4v) is 1.48. The molecule has 0 aliphatic carbocycles. The highest BCUT2D eigenvalue weighted by Gasteiger charge is 2.25. The molecule has 6 heteroatoms. The quantitative estimate of drug-likeness (QED) is 0.467. The van der Waals surface area contributed by atoms with E-state index in [0.717, 1.165) is 0 Å². The van der Waals surface area contributed by atoms with Crippen molar-refractivity contribution in [1.82, 2.24) is 4.98 Å². The molecule has 0 bridgehead atoms. The average molecular weight is 263 g/mol. The van der Waals surface area contributed by atoms with Gasteiger partial charge in [0.05, 0.1) is 6.21 Å². The summed E-state index contributed by atoms with van der Waals surface area (Å²) in [5, 5.41) is -0.114. The predicted octanol–water partition coefficient (Wildman–Crippen LogP) is 2.76. The van der Waals surface area contributed by atoms with E-state index < -0.39 is 22.1 Å². The first-order valence-corrected chi connectivity index (χ1v) is 6.07. The molecule has 0 radical (unpaired) electrons. The van der Waals surface area contributed by atoms with Gasteiger partial charge in [0.1, 0.15) is 21.1 Å². The zero-order valence-corrected chi connectivity index (χ0v) is 10.8. The highest BCUT2D eigenvalue weighted by molar-refractivity contribution is 7.91. The van der Waals surface area contributed by atoms with Crippen LogP contribution in [0.2, 0.25) is 5.02 Å². The second kappa shape index (κ2) is 5.12. The maximum atomic E-state index is 13.0. The van der Waals surface area contributed by atoms with Gasteiger partial charge in [-0.1, -0.05) is 16.0 Å². The molecule has 0 aromatic carbocycles. The summed E-state index contributed by atoms with van der Waals surface area (Å²) in [6.07, 6.45) is 2.58. The second-order valence-electron chi connectivity index (χ2n) is 4.10. The van der Waals surface area contributed by atoms with Crippen LogP contribution in [0.4, 0.5) is 4.39 Å². The molecule has 0 spiro atoms. The molecule has 1 heterocycles. The molecule has 0 amide bonds. The maximum absolute atomic E-state index is 13.0. The van der Waals surface area contributed by atoms with Crippen LogP contribution < -0.4 is 0 Å². The van der Waals surface area contributed by atoms with Crippen LogP contribution in [0.3, 0.4) is 0 Å². The van der Waals surface area contributed by atoms with E-state index in [2.05, 4.69) is 9.38 Å². The third-order valence-electron chi connectivity index (χ3n) is 1.69. The lowest BCUT2D eigenvalue weighted by molar-refractivity contribution is 0.561. The standard InChI is InChI=1S/C10H12ClFN2OS/c1-10(2,3)16(15)14-6-7-4-5-13-9(12)8(7)11/h4-6H,1-3H3/b14-6+/t16-/m0/s1. The number of rotatable bonds is 2. The number of hydrogen-bond acceptors (Lipinski definition) is 3. The monoisotopic (exact) mass is 262 g/mol. The van der Waals surface area contributed by atoms with Crippen LogP contribution in [-0.4, -0.2) is 20.5 Å². The molecular formula is C10H12ClFN2OS. The van der Waals surface area contributed by atoms with Crippen molar-refractivity contribution in [1.29, 1.82) is 0 Å². The number of halogens is 2. The van der Waals surface area contributed by atoms with Crippen molar-refractivity contribution in [3.63, 3.8) is 0 Å². The number of aromatic nitrogens is 1.